The predicted octanol–water partition coefficient (Wildman–Crippen LogP) is 3.90. The first kappa shape index (κ1) is 22.8. The van der Waals surface area contributed by atoms with Crippen LogP contribution in [0, 0.1) is 6.92 Å². The van der Waals surface area contributed by atoms with Gasteiger partial charge in [-0.25, -0.2) is 8.42 Å². The van der Waals surface area contributed by atoms with Crippen LogP contribution in [-0.2, 0) is 21.2 Å². The van der Waals surface area contributed by atoms with Crippen LogP contribution in [0.5, 0.6) is 0 Å². The van der Waals surface area contributed by atoms with Gasteiger partial charge < -0.3 is 10.2 Å². The average molecular weight is 489 g/mol. The summed E-state index contributed by atoms with van der Waals surface area (Å²) in [6.45, 7) is 2.42. The summed E-state index contributed by atoms with van der Waals surface area (Å²) in [6.07, 6.45) is 0.481. The number of benzene rings is 2. The number of nitrogens with zero attached hydrogens (tertiary/aromatic N) is 3. The van der Waals surface area contributed by atoms with Gasteiger partial charge in [-0.15, -0.1) is 10.2 Å². The van der Waals surface area contributed by atoms with Crippen molar-refractivity contribution in [1.82, 2.24) is 15.1 Å². The van der Waals surface area contributed by atoms with E-state index >= 15 is 0 Å². The molecule has 4 rings (SSSR count). The summed E-state index contributed by atoms with van der Waals surface area (Å²) in [6, 6.07) is 17.3. The molecule has 0 aliphatic carbocycles. The molecule has 10 heteroatoms. The van der Waals surface area contributed by atoms with Crippen molar-refractivity contribution in [1.29, 1.82) is 0 Å². The Labute approximate surface area is 196 Å². The first-order chi connectivity index (χ1) is 15.4. The molecule has 1 fully saturated rings. The number of aromatic nitrogens is 2. The van der Waals surface area contributed by atoms with Gasteiger partial charge in [-0.3, -0.25) is 4.79 Å². The minimum Gasteiger partial charge on any atom is -0.334 e. The Bertz CT molecular complexity index is 1180. The molecule has 0 unspecified atom stereocenters. The van der Waals surface area contributed by atoms with Gasteiger partial charge in [0.25, 0.3) is 0 Å². The van der Waals surface area contributed by atoms with Crippen LogP contribution >= 0.6 is 23.1 Å². The maximum Gasteiger partial charge on any atom is 0.233 e. The second-order valence-corrected chi connectivity index (χ2v) is 12.1. The Morgan fingerprint density at radius 2 is 1.91 bits per heavy atom. The molecular formula is C22H24N4O3S3. The maximum atomic E-state index is 13.1. The molecule has 3 aromatic rings. The zero-order chi connectivity index (χ0) is 22.6. The third kappa shape index (κ3) is 5.87. The van der Waals surface area contributed by atoms with Gasteiger partial charge >= 0.3 is 0 Å². The van der Waals surface area contributed by atoms with E-state index in [1.165, 1.54) is 23.1 Å². The lowest BCUT2D eigenvalue weighted by Gasteiger charge is -2.28. The highest BCUT2D eigenvalue weighted by atomic mass is 32.2. The van der Waals surface area contributed by atoms with Crippen LogP contribution in [0.15, 0.2) is 58.9 Å². The van der Waals surface area contributed by atoms with E-state index < -0.39 is 9.84 Å². The van der Waals surface area contributed by atoms with Crippen LogP contribution < -0.4 is 5.32 Å². The van der Waals surface area contributed by atoms with Gasteiger partial charge in [-0.05, 0) is 30.5 Å². The van der Waals surface area contributed by atoms with E-state index in [0.29, 0.717) is 22.4 Å². The molecule has 168 valence electrons. The molecule has 1 atom stereocenters. The monoisotopic (exact) mass is 488 g/mol. The van der Waals surface area contributed by atoms with Crippen molar-refractivity contribution in [2.45, 2.75) is 30.3 Å². The van der Waals surface area contributed by atoms with Crippen LogP contribution in [0.25, 0.3) is 0 Å². The van der Waals surface area contributed by atoms with Crippen molar-refractivity contribution in [2.24, 2.45) is 0 Å². The SMILES string of the molecule is Cc1ccccc1Nc1nnc(SCC(=O)N(Cc2ccccc2)[C@@H]2CCS(=O)(=O)C2)s1. The number of carbonyl (C=O) groups is 1. The third-order valence-electron chi connectivity index (χ3n) is 5.28. The highest BCUT2D eigenvalue weighted by Gasteiger charge is 2.34. The summed E-state index contributed by atoms with van der Waals surface area (Å²) < 4.78 is 24.7. The third-order valence-corrected chi connectivity index (χ3v) is 8.98. The lowest BCUT2D eigenvalue weighted by atomic mass is 10.1. The summed E-state index contributed by atoms with van der Waals surface area (Å²) in [5.41, 5.74) is 3.05. The zero-order valence-electron chi connectivity index (χ0n) is 17.6. The quantitative estimate of drug-likeness (QED) is 0.481. The van der Waals surface area contributed by atoms with Crippen molar-refractivity contribution in [2.75, 3.05) is 22.6 Å². The Balaban J connectivity index is 1.41. The number of sulfone groups is 1. The van der Waals surface area contributed by atoms with Crippen LogP contribution in [0.4, 0.5) is 10.8 Å². The number of carbonyl (C=O) groups excluding carboxylic acids is 1. The van der Waals surface area contributed by atoms with Gasteiger partial charge in [0.2, 0.25) is 11.0 Å². The second-order valence-electron chi connectivity index (χ2n) is 7.67. The minimum absolute atomic E-state index is 0.0273. The standard InChI is InChI=1S/C22H24N4O3S3/c1-16-7-5-6-10-19(16)23-21-24-25-22(31-21)30-14-20(27)26(13-17-8-3-2-4-9-17)18-11-12-32(28,29)15-18/h2-10,18H,11-15H2,1H3,(H,23,24)/t18-/m1/s1. The number of anilines is 2. The van der Waals surface area contributed by atoms with Crippen molar-refractivity contribution in [3.05, 3.63) is 65.7 Å². The Morgan fingerprint density at radius 1 is 1.16 bits per heavy atom. The van der Waals surface area contributed by atoms with Gasteiger partial charge in [-0.2, -0.15) is 0 Å². The van der Waals surface area contributed by atoms with Crippen LogP contribution in [-0.4, -0.2) is 52.7 Å². The molecule has 1 aliphatic heterocycles. The molecule has 1 N–H and O–H groups in total. The Kier molecular flexibility index (Phi) is 7.12. The second kappa shape index (κ2) is 10.0. The fraction of sp³-hybridized carbons (Fsp3) is 0.318. The minimum atomic E-state index is -3.09. The molecule has 1 aromatic heterocycles. The van der Waals surface area contributed by atoms with Gasteiger partial charge in [0, 0.05) is 18.3 Å². The van der Waals surface area contributed by atoms with E-state index in [1.807, 2.05) is 61.5 Å². The smallest absolute Gasteiger partial charge is 0.233 e. The summed E-state index contributed by atoms with van der Waals surface area (Å²) in [4.78, 5) is 14.8. The number of para-hydroxylation sites is 1. The molecule has 1 amide bonds. The molecule has 2 heterocycles. The van der Waals surface area contributed by atoms with E-state index in [-0.39, 0.29) is 29.2 Å². The number of aryl methyl sites for hydroxylation is 1. The molecule has 2 aromatic carbocycles. The molecule has 0 spiro atoms. The van der Waals surface area contributed by atoms with Crippen molar-refractivity contribution in [3.8, 4) is 0 Å². The highest BCUT2D eigenvalue weighted by molar-refractivity contribution is 8.01. The molecule has 0 saturated carbocycles. The van der Waals surface area contributed by atoms with E-state index in [2.05, 4.69) is 15.5 Å². The van der Waals surface area contributed by atoms with E-state index in [4.69, 9.17) is 0 Å². The van der Waals surface area contributed by atoms with Crippen LogP contribution in [0.2, 0.25) is 0 Å². The summed E-state index contributed by atoms with van der Waals surface area (Å²) >= 11 is 2.72. The van der Waals surface area contributed by atoms with E-state index in [0.717, 1.165) is 16.8 Å². The lowest BCUT2D eigenvalue weighted by Crippen LogP contribution is -2.41. The number of thioether (sulfide) groups is 1. The van der Waals surface area contributed by atoms with Crippen LogP contribution in [0.1, 0.15) is 17.5 Å². The highest BCUT2D eigenvalue weighted by Crippen LogP contribution is 2.29. The number of hydrogen-bond acceptors (Lipinski definition) is 8. The zero-order valence-corrected chi connectivity index (χ0v) is 20.0. The van der Waals surface area contributed by atoms with E-state index in [9.17, 15) is 13.2 Å². The topological polar surface area (TPSA) is 92.3 Å². The molecule has 1 saturated heterocycles. The molecule has 0 radical (unpaired) electrons. The summed E-state index contributed by atoms with van der Waals surface area (Å²) in [7, 11) is -3.09. The summed E-state index contributed by atoms with van der Waals surface area (Å²) in [5.74, 6) is 0.250. The maximum absolute atomic E-state index is 13.1. The van der Waals surface area contributed by atoms with Crippen molar-refractivity contribution < 1.29 is 13.2 Å². The molecule has 1 aliphatic rings. The number of nitrogens with one attached hydrogen (secondary N) is 1. The number of amides is 1. The Morgan fingerprint density at radius 3 is 2.62 bits per heavy atom. The van der Waals surface area contributed by atoms with Gasteiger partial charge in [-0.1, -0.05) is 71.6 Å². The Hall–Kier alpha value is -2.43. The van der Waals surface area contributed by atoms with Gasteiger partial charge in [0.15, 0.2) is 14.2 Å². The summed E-state index contributed by atoms with van der Waals surface area (Å²) in [5, 5.41) is 12.3. The predicted molar refractivity (Wildman–Crippen MR) is 129 cm³/mol. The molecule has 7 nitrogen and oxygen atoms in total. The molecular weight excluding hydrogens is 464 g/mol. The fourth-order valence-electron chi connectivity index (χ4n) is 3.58. The first-order valence-corrected chi connectivity index (χ1v) is 13.8. The van der Waals surface area contributed by atoms with Crippen LogP contribution in [0.3, 0.4) is 0 Å². The normalized spacial score (nSPS) is 17.2. The average Bonchev–Trinajstić information content (AvgIpc) is 3.38. The molecule has 32 heavy (non-hydrogen) atoms. The first-order valence-electron chi connectivity index (χ1n) is 10.2. The number of hydrogen-bond donors (Lipinski definition) is 1. The van der Waals surface area contributed by atoms with Gasteiger partial charge in [0.1, 0.15) is 0 Å². The van der Waals surface area contributed by atoms with Crippen molar-refractivity contribution >= 4 is 49.7 Å². The molecule has 0 bridgehead atoms. The lowest BCUT2D eigenvalue weighted by molar-refractivity contribution is -0.130. The van der Waals surface area contributed by atoms with Gasteiger partial charge in [0.05, 0.1) is 17.3 Å². The number of rotatable bonds is 8. The van der Waals surface area contributed by atoms with Crippen molar-refractivity contribution in [3.63, 3.8) is 0 Å². The fourth-order valence-corrected chi connectivity index (χ4v) is 6.96. The van der Waals surface area contributed by atoms with E-state index in [1.54, 1.807) is 4.90 Å². The largest absolute Gasteiger partial charge is 0.334 e.